The highest BCUT2D eigenvalue weighted by Gasteiger charge is 2.20. The minimum absolute atomic E-state index is 0.166. The van der Waals surface area contributed by atoms with Crippen LogP contribution in [0.3, 0.4) is 0 Å². The Labute approximate surface area is 104 Å². The first-order valence-electron chi connectivity index (χ1n) is 6.34. The molecule has 1 fully saturated rings. The molecule has 0 aliphatic carbocycles. The Hall–Kier alpha value is -0.650. The normalized spacial score (nSPS) is 20.2. The van der Waals surface area contributed by atoms with Crippen molar-refractivity contribution in [3.8, 4) is 0 Å². The molecule has 5 heteroatoms. The van der Waals surface area contributed by atoms with Crippen molar-refractivity contribution in [3.63, 3.8) is 0 Å². The molecule has 0 radical (unpaired) electrons. The van der Waals surface area contributed by atoms with Crippen LogP contribution in [0, 0.1) is 5.92 Å². The Balaban J connectivity index is 2.23. The van der Waals surface area contributed by atoms with Crippen molar-refractivity contribution >= 4 is 5.91 Å². The highest BCUT2D eigenvalue weighted by Crippen LogP contribution is 2.19. The van der Waals surface area contributed by atoms with E-state index in [2.05, 4.69) is 11.9 Å². The lowest BCUT2D eigenvalue weighted by atomic mass is 9.93. The van der Waals surface area contributed by atoms with Crippen molar-refractivity contribution < 1.29 is 9.90 Å². The van der Waals surface area contributed by atoms with Crippen molar-refractivity contribution in [2.75, 3.05) is 40.3 Å². The van der Waals surface area contributed by atoms with Crippen LogP contribution in [0.25, 0.3) is 0 Å². The van der Waals surface area contributed by atoms with E-state index in [1.54, 1.807) is 11.9 Å². The molecule has 0 saturated carbocycles. The van der Waals surface area contributed by atoms with E-state index in [1.807, 2.05) is 0 Å². The maximum Gasteiger partial charge on any atom is 0.241 e. The van der Waals surface area contributed by atoms with E-state index in [9.17, 15) is 4.79 Å². The summed E-state index contributed by atoms with van der Waals surface area (Å²) in [6.45, 7) is 2.76. The Kier molecular flexibility index (Phi) is 5.88. The van der Waals surface area contributed by atoms with Crippen molar-refractivity contribution in [3.05, 3.63) is 0 Å². The van der Waals surface area contributed by atoms with E-state index in [-0.39, 0.29) is 12.5 Å². The number of piperidine rings is 1. The summed E-state index contributed by atoms with van der Waals surface area (Å²) in [6.07, 6.45) is 3.46. The second-order valence-corrected chi connectivity index (χ2v) is 5.08. The number of rotatable bonds is 5. The van der Waals surface area contributed by atoms with Crippen molar-refractivity contribution in [1.29, 1.82) is 0 Å². The molecule has 1 unspecified atom stereocenters. The van der Waals surface area contributed by atoms with Gasteiger partial charge in [0.25, 0.3) is 0 Å². The van der Waals surface area contributed by atoms with E-state index >= 15 is 0 Å². The third kappa shape index (κ3) is 4.61. The van der Waals surface area contributed by atoms with Gasteiger partial charge < -0.3 is 20.6 Å². The molecule has 1 heterocycles. The second-order valence-electron chi connectivity index (χ2n) is 5.08. The SMILES string of the molecule is CN1CCC(CCN(C)C(=O)C(N)CO)CC1. The fourth-order valence-electron chi connectivity index (χ4n) is 2.20. The molecule has 1 saturated heterocycles. The average molecular weight is 243 g/mol. The molecule has 5 nitrogen and oxygen atoms in total. The van der Waals surface area contributed by atoms with Crippen LogP contribution in [0.2, 0.25) is 0 Å². The molecule has 1 aliphatic heterocycles. The molecule has 100 valence electrons. The Morgan fingerprint density at radius 2 is 2.12 bits per heavy atom. The lowest BCUT2D eigenvalue weighted by molar-refractivity contribution is -0.132. The molecule has 0 aromatic carbocycles. The first-order chi connectivity index (χ1) is 8.04. The maximum atomic E-state index is 11.6. The topological polar surface area (TPSA) is 69.8 Å². The number of nitrogens with zero attached hydrogens (tertiary/aromatic N) is 2. The molecule has 0 spiro atoms. The van der Waals surface area contributed by atoms with E-state index < -0.39 is 6.04 Å². The van der Waals surface area contributed by atoms with Crippen LogP contribution in [-0.2, 0) is 4.79 Å². The molecule has 1 rings (SSSR count). The summed E-state index contributed by atoms with van der Waals surface area (Å²) < 4.78 is 0. The zero-order chi connectivity index (χ0) is 12.8. The number of aliphatic hydroxyl groups is 1. The van der Waals surface area contributed by atoms with Gasteiger partial charge in [0, 0.05) is 13.6 Å². The monoisotopic (exact) mass is 243 g/mol. The molecule has 3 N–H and O–H groups in total. The molecule has 0 aromatic rings. The van der Waals surface area contributed by atoms with Gasteiger partial charge in [0.15, 0.2) is 0 Å². The van der Waals surface area contributed by atoms with Crippen LogP contribution in [-0.4, -0.2) is 67.2 Å². The fraction of sp³-hybridized carbons (Fsp3) is 0.917. The molecular weight excluding hydrogens is 218 g/mol. The van der Waals surface area contributed by atoms with Crippen LogP contribution in [0.4, 0.5) is 0 Å². The number of likely N-dealkylation sites (tertiary alicyclic amines) is 1. The summed E-state index contributed by atoms with van der Waals surface area (Å²) in [7, 11) is 3.90. The van der Waals surface area contributed by atoms with E-state index in [4.69, 9.17) is 10.8 Å². The van der Waals surface area contributed by atoms with Crippen molar-refractivity contribution in [1.82, 2.24) is 9.80 Å². The number of likely N-dealkylation sites (N-methyl/N-ethyl adjacent to an activating group) is 1. The Bertz CT molecular complexity index is 240. The van der Waals surface area contributed by atoms with Gasteiger partial charge in [0.2, 0.25) is 5.91 Å². The Morgan fingerprint density at radius 1 is 1.53 bits per heavy atom. The Morgan fingerprint density at radius 3 is 2.65 bits per heavy atom. The van der Waals surface area contributed by atoms with Crippen LogP contribution in [0.1, 0.15) is 19.3 Å². The number of hydrogen-bond donors (Lipinski definition) is 2. The molecule has 1 atom stereocenters. The third-order valence-electron chi connectivity index (χ3n) is 3.60. The lowest BCUT2D eigenvalue weighted by Gasteiger charge is -2.30. The van der Waals surface area contributed by atoms with Crippen molar-refractivity contribution in [2.24, 2.45) is 11.7 Å². The zero-order valence-electron chi connectivity index (χ0n) is 10.9. The highest BCUT2D eigenvalue weighted by atomic mass is 16.3. The van der Waals surface area contributed by atoms with E-state index in [0.717, 1.165) is 26.1 Å². The quantitative estimate of drug-likeness (QED) is 0.683. The highest BCUT2D eigenvalue weighted by molar-refractivity contribution is 5.81. The summed E-state index contributed by atoms with van der Waals surface area (Å²) in [5, 5.41) is 8.82. The minimum atomic E-state index is -0.766. The van der Waals surface area contributed by atoms with Gasteiger partial charge in [0.05, 0.1) is 6.61 Å². The van der Waals surface area contributed by atoms with Gasteiger partial charge in [-0.3, -0.25) is 4.79 Å². The molecular formula is C12H25N3O2. The predicted molar refractivity (Wildman–Crippen MR) is 67.5 cm³/mol. The summed E-state index contributed by atoms with van der Waals surface area (Å²) in [5.41, 5.74) is 5.50. The summed E-state index contributed by atoms with van der Waals surface area (Å²) in [4.78, 5) is 15.6. The fourth-order valence-corrected chi connectivity index (χ4v) is 2.20. The molecule has 1 amide bonds. The molecule has 1 aliphatic rings. The first kappa shape index (κ1) is 14.4. The van der Waals surface area contributed by atoms with Gasteiger partial charge in [-0.05, 0) is 45.3 Å². The van der Waals surface area contributed by atoms with Crippen LogP contribution < -0.4 is 5.73 Å². The zero-order valence-corrected chi connectivity index (χ0v) is 10.9. The summed E-state index contributed by atoms with van der Waals surface area (Å²) >= 11 is 0. The van der Waals surface area contributed by atoms with Gasteiger partial charge in [-0.1, -0.05) is 0 Å². The third-order valence-corrected chi connectivity index (χ3v) is 3.60. The van der Waals surface area contributed by atoms with Gasteiger partial charge >= 0.3 is 0 Å². The number of aliphatic hydroxyl groups excluding tert-OH is 1. The van der Waals surface area contributed by atoms with Crippen molar-refractivity contribution in [2.45, 2.75) is 25.3 Å². The molecule has 17 heavy (non-hydrogen) atoms. The van der Waals surface area contributed by atoms with Crippen LogP contribution in [0.5, 0.6) is 0 Å². The molecule has 0 bridgehead atoms. The van der Waals surface area contributed by atoms with E-state index in [1.165, 1.54) is 12.8 Å². The smallest absolute Gasteiger partial charge is 0.241 e. The number of carbonyl (C=O) groups is 1. The average Bonchev–Trinajstić information content (AvgIpc) is 2.35. The first-order valence-corrected chi connectivity index (χ1v) is 6.34. The minimum Gasteiger partial charge on any atom is -0.394 e. The van der Waals surface area contributed by atoms with Gasteiger partial charge in [-0.25, -0.2) is 0 Å². The lowest BCUT2D eigenvalue weighted by Crippen LogP contribution is -2.44. The van der Waals surface area contributed by atoms with Gasteiger partial charge in [-0.2, -0.15) is 0 Å². The van der Waals surface area contributed by atoms with E-state index in [0.29, 0.717) is 5.92 Å². The number of hydrogen-bond acceptors (Lipinski definition) is 4. The predicted octanol–water partition coefficient (Wildman–Crippen LogP) is -0.504. The standard InChI is InChI=1S/C12H25N3O2/c1-14-6-3-10(4-7-14)5-8-15(2)12(17)11(13)9-16/h10-11,16H,3-9,13H2,1-2H3. The number of amides is 1. The number of nitrogens with two attached hydrogens (primary N) is 1. The molecule has 0 aromatic heterocycles. The van der Waals surface area contributed by atoms with Gasteiger partial charge in [-0.15, -0.1) is 0 Å². The second kappa shape index (κ2) is 6.93. The maximum absolute atomic E-state index is 11.6. The summed E-state index contributed by atoms with van der Waals surface area (Å²) in [6, 6.07) is -0.766. The van der Waals surface area contributed by atoms with Crippen LogP contribution in [0.15, 0.2) is 0 Å². The number of carbonyl (C=O) groups excluding carboxylic acids is 1. The largest absolute Gasteiger partial charge is 0.394 e. The summed E-state index contributed by atoms with van der Waals surface area (Å²) in [5.74, 6) is 0.548. The van der Waals surface area contributed by atoms with Gasteiger partial charge in [0.1, 0.15) is 6.04 Å². The van der Waals surface area contributed by atoms with Crippen LogP contribution >= 0.6 is 0 Å².